The van der Waals surface area contributed by atoms with Crippen molar-refractivity contribution in [3.8, 4) is 11.8 Å². The molecule has 0 radical (unpaired) electrons. The number of aromatic nitrogens is 4. The van der Waals surface area contributed by atoms with Crippen LogP contribution in [0.25, 0.3) is 5.69 Å². The maximum Gasteiger partial charge on any atom is 0.266 e. The van der Waals surface area contributed by atoms with Gasteiger partial charge in [0.2, 0.25) is 0 Å². The van der Waals surface area contributed by atoms with E-state index in [1.807, 2.05) is 12.3 Å². The van der Waals surface area contributed by atoms with Gasteiger partial charge in [-0.1, -0.05) is 0 Å². The van der Waals surface area contributed by atoms with Crippen molar-refractivity contribution in [1.29, 1.82) is 5.26 Å². The van der Waals surface area contributed by atoms with E-state index in [1.165, 1.54) is 22.3 Å². The van der Waals surface area contributed by atoms with Crippen LogP contribution in [0.2, 0.25) is 0 Å². The van der Waals surface area contributed by atoms with E-state index < -0.39 is 0 Å². The van der Waals surface area contributed by atoms with Crippen molar-refractivity contribution in [3.05, 3.63) is 22.7 Å². The summed E-state index contributed by atoms with van der Waals surface area (Å²) in [5.74, 6) is -0.301. The van der Waals surface area contributed by atoms with Gasteiger partial charge in [0.25, 0.3) is 5.91 Å². The molecule has 8 heteroatoms. The van der Waals surface area contributed by atoms with Crippen molar-refractivity contribution in [2.75, 3.05) is 13.1 Å². The quantitative estimate of drug-likeness (QED) is 0.829. The van der Waals surface area contributed by atoms with Crippen LogP contribution in [0.1, 0.15) is 23.5 Å². The number of nitriles is 1. The number of nitrogens with zero attached hydrogens (tertiary/aromatic N) is 6. The Morgan fingerprint density at radius 2 is 2.45 bits per heavy atom. The first-order valence-corrected chi connectivity index (χ1v) is 7.05. The highest BCUT2D eigenvalue weighted by atomic mass is 32.1. The molecule has 0 bridgehead atoms. The van der Waals surface area contributed by atoms with E-state index in [-0.39, 0.29) is 11.8 Å². The number of hydrogen-bond acceptors (Lipinski definition) is 6. The zero-order valence-electron chi connectivity index (χ0n) is 11.2. The molecular weight excluding hydrogens is 276 g/mol. The molecule has 0 N–H and O–H groups in total. The molecular formula is C12H14N6OS. The highest BCUT2D eigenvalue weighted by Gasteiger charge is 2.22. The van der Waals surface area contributed by atoms with Crippen LogP contribution in [0.15, 0.2) is 17.8 Å². The molecule has 1 amide bonds. The fourth-order valence-electron chi connectivity index (χ4n) is 1.79. The van der Waals surface area contributed by atoms with Crippen molar-refractivity contribution >= 4 is 17.2 Å². The summed E-state index contributed by atoms with van der Waals surface area (Å²) < 4.78 is 1.46. The minimum absolute atomic E-state index is 0.102. The highest BCUT2D eigenvalue weighted by molar-refractivity contribution is 7.12. The van der Waals surface area contributed by atoms with E-state index >= 15 is 0 Å². The molecule has 0 saturated heterocycles. The number of amides is 1. The monoisotopic (exact) mass is 290 g/mol. The number of hydrogen-bond donors (Lipinski definition) is 0. The lowest BCUT2D eigenvalue weighted by atomic mass is 10.2. The first-order valence-electron chi connectivity index (χ1n) is 6.17. The minimum Gasteiger partial charge on any atom is -0.337 e. The topological polar surface area (TPSA) is 87.7 Å². The van der Waals surface area contributed by atoms with Crippen LogP contribution >= 0.6 is 11.3 Å². The first-order chi connectivity index (χ1) is 9.67. The number of rotatable bonds is 5. The van der Waals surface area contributed by atoms with Crippen LogP contribution in [0.3, 0.4) is 0 Å². The molecule has 0 aliphatic carbocycles. The number of tetrazole rings is 1. The summed E-state index contributed by atoms with van der Waals surface area (Å²) >= 11 is 1.34. The molecule has 1 unspecified atom stereocenters. The van der Waals surface area contributed by atoms with E-state index in [9.17, 15) is 4.79 Å². The molecule has 0 aromatic carbocycles. The van der Waals surface area contributed by atoms with E-state index in [0.717, 1.165) is 0 Å². The summed E-state index contributed by atoms with van der Waals surface area (Å²) in [6.45, 7) is 4.66. The molecule has 0 aliphatic heterocycles. The predicted octanol–water partition coefficient (Wildman–Crippen LogP) is 1.35. The summed E-state index contributed by atoms with van der Waals surface area (Å²) in [7, 11) is 0. The largest absolute Gasteiger partial charge is 0.337 e. The van der Waals surface area contributed by atoms with Gasteiger partial charge >= 0.3 is 0 Å². The van der Waals surface area contributed by atoms with E-state index in [0.29, 0.717) is 23.7 Å². The zero-order valence-corrected chi connectivity index (χ0v) is 12.0. The second-order valence-corrected chi connectivity index (χ2v) is 5.18. The maximum atomic E-state index is 12.5. The molecule has 104 valence electrons. The van der Waals surface area contributed by atoms with Gasteiger partial charge in [-0.25, -0.2) is 0 Å². The van der Waals surface area contributed by atoms with Crippen molar-refractivity contribution in [2.45, 2.75) is 13.8 Å². The van der Waals surface area contributed by atoms with Crippen LogP contribution in [0, 0.1) is 17.2 Å². The molecule has 0 saturated carbocycles. The lowest BCUT2D eigenvalue weighted by Gasteiger charge is -2.21. The molecule has 20 heavy (non-hydrogen) atoms. The molecule has 0 spiro atoms. The number of carbonyl (C=O) groups is 1. The molecule has 2 heterocycles. The van der Waals surface area contributed by atoms with Crippen molar-refractivity contribution in [3.63, 3.8) is 0 Å². The lowest BCUT2D eigenvalue weighted by molar-refractivity contribution is 0.0757. The van der Waals surface area contributed by atoms with Gasteiger partial charge in [0, 0.05) is 13.1 Å². The zero-order chi connectivity index (χ0) is 14.5. The minimum atomic E-state index is -0.199. The van der Waals surface area contributed by atoms with E-state index in [4.69, 9.17) is 5.26 Å². The average molecular weight is 290 g/mol. The summed E-state index contributed by atoms with van der Waals surface area (Å²) in [6, 6.07) is 3.95. The Bertz CT molecular complexity index is 614. The molecule has 1 atom stereocenters. The van der Waals surface area contributed by atoms with Gasteiger partial charge in [0.05, 0.1) is 17.7 Å². The smallest absolute Gasteiger partial charge is 0.266 e. The molecule has 7 nitrogen and oxygen atoms in total. The normalized spacial score (nSPS) is 11.8. The van der Waals surface area contributed by atoms with Crippen molar-refractivity contribution < 1.29 is 4.79 Å². The molecule has 2 rings (SSSR count). The second kappa shape index (κ2) is 6.25. The SMILES string of the molecule is CCN(CC(C)C#N)C(=O)c1sccc1-n1cnnn1. The average Bonchev–Trinajstić information content (AvgIpc) is 3.12. The molecule has 2 aromatic heterocycles. The van der Waals surface area contributed by atoms with Crippen molar-refractivity contribution in [1.82, 2.24) is 25.1 Å². The van der Waals surface area contributed by atoms with Gasteiger partial charge in [-0.05, 0) is 35.7 Å². The fourth-order valence-corrected chi connectivity index (χ4v) is 2.63. The van der Waals surface area contributed by atoms with Gasteiger partial charge in [0.1, 0.15) is 11.2 Å². The Balaban J connectivity index is 2.25. The Kier molecular flexibility index (Phi) is 4.42. The Morgan fingerprint density at radius 1 is 1.65 bits per heavy atom. The summed E-state index contributed by atoms with van der Waals surface area (Å²) in [4.78, 5) is 14.8. The van der Waals surface area contributed by atoms with E-state index in [2.05, 4.69) is 21.6 Å². The van der Waals surface area contributed by atoms with Crippen LogP contribution in [0.4, 0.5) is 0 Å². The van der Waals surface area contributed by atoms with Crippen LogP contribution in [0.5, 0.6) is 0 Å². The first kappa shape index (κ1) is 14.1. The number of thiophene rings is 1. The maximum absolute atomic E-state index is 12.5. The van der Waals surface area contributed by atoms with E-state index in [1.54, 1.807) is 17.9 Å². The van der Waals surface area contributed by atoms with Gasteiger partial charge in [-0.3, -0.25) is 4.79 Å². The third-order valence-electron chi connectivity index (χ3n) is 2.82. The fraction of sp³-hybridized carbons (Fsp3) is 0.417. The third kappa shape index (κ3) is 2.83. The van der Waals surface area contributed by atoms with Gasteiger partial charge in [-0.2, -0.15) is 9.94 Å². The van der Waals surface area contributed by atoms with Crippen molar-refractivity contribution in [2.24, 2.45) is 5.92 Å². The summed E-state index contributed by atoms with van der Waals surface area (Å²) in [6.07, 6.45) is 1.45. The Morgan fingerprint density at radius 3 is 3.05 bits per heavy atom. The second-order valence-electron chi connectivity index (χ2n) is 4.26. The van der Waals surface area contributed by atoms with Crippen LogP contribution in [-0.4, -0.2) is 44.1 Å². The van der Waals surface area contributed by atoms with Crippen LogP contribution < -0.4 is 0 Å². The van der Waals surface area contributed by atoms with Gasteiger partial charge in [0.15, 0.2) is 0 Å². The van der Waals surface area contributed by atoms with Gasteiger partial charge in [-0.15, -0.1) is 16.4 Å². The third-order valence-corrected chi connectivity index (χ3v) is 3.71. The Hall–Kier alpha value is -2.27. The lowest BCUT2D eigenvalue weighted by Crippen LogP contribution is -2.34. The summed E-state index contributed by atoms with van der Waals surface area (Å²) in [5, 5.41) is 21.7. The highest BCUT2D eigenvalue weighted by Crippen LogP contribution is 2.22. The van der Waals surface area contributed by atoms with Crippen LogP contribution in [-0.2, 0) is 0 Å². The summed E-state index contributed by atoms with van der Waals surface area (Å²) in [5.41, 5.74) is 0.660. The number of carbonyl (C=O) groups excluding carboxylic acids is 1. The molecule has 0 aliphatic rings. The molecule has 0 fully saturated rings. The Labute approximate surface area is 120 Å². The molecule has 2 aromatic rings. The predicted molar refractivity (Wildman–Crippen MR) is 73.4 cm³/mol. The van der Waals surface area contributed by atoms with Gasteiger partial charge < -0.3 is 4.90 Å². The standard InChI is InChI=1S/C12H14N6OS/c1-3-17(7-9(2)6-13)12(19)11-10(4-5-20-11)18-8-14-15-16-18/h4-5,8-9H,3,7H2,1-2H3.